The van der Waals surface area contributed by atoms with Crippen LogP contribution in [0.15, 0.2) is 59.8 Å². The lowest BCUT2D eigenvalue weighted by atomic mass is 10.2. The fourth-order valence-electron chi connectivity index (χ4n) is 2.52. The summed E-state index contributed by atoms with van der Waals surface area (Å²) in [7, 11) is 1.27. The molecule has 0 saturated heterocycles. The van der Waals surface area contributed by atoms with Crippen LogP contribution >= 0.6 is 0 Å². The summed E-state index contributed by atoms with van der Waals surface area (Å²) < 4.78 is 20.3. The zero-order chi connectivity index (χ0) is 16.9. The molecule has 0 bridgehead atoms. The number of halogens is 1. The molecule has 122 valence electrons. The molecule has 3 rings (SSSR count). The number of ether oxygens (including phenoxy) is 1. The van der Waals surface area contributed by atoms with Gasteiger partial charge in [-0.2, -0.15) is 5.10 Å². The van der Waals surface area contributed by atoms with Crippen molar-refractivity contribution in [1.82, 2.24) is 9.99 Å². The fourth-order valence-corrected chi connectivity index (χ4v) is 2.52. The summed E-state index contributed by atoms with van der Waals surface area (Å²) in [6.45, 7) is 0.408. The van der Waals surface area contributed by atoms with Gasteiger partial charge in [0.25, 0.3) is 0 Å². The van der Waals surface area contributed by atoms with Crippen molar-refractivity contribution in [3.63, 3.8) is 0 Å². The van der Waals surface area contributed by atoms with E-state index >= 15 is 0 Å². The Morgan fingerprint density at radius 1 is 1.25 bits per heavy atom. The molecule has 0 aliphatic carbocycles. The zero-order valence-corrected chi connectivity index (χ0v) is 13.1. The van der Waals surface area contributed by atoms with Gasteiger partial charge in [0.2, 0.25) is 0 Å². The number of methoxy groups -OCH3 is 1. The maximum absolute atomic E-state index is 13.9. The van der Waals surface area contributed by atoms with Crippen LogP contribution in [-0.2, 0) is 11.3 Å². The molecule has 1 N–H and O–H groups in total. The Morgan fingerprint density at radius 3 is 2.79 bits per heavy atom. The topological polar surface area (TPSA) is 55.6 Å². The number of aromatic nitrogens is 1. The first-order chi connectivity index (χ1) is 11.7. The minimum absolute atomic E-state index is 0.238. The Kier molecular flexibility index (Phi) is 4.56. The third kappa shape index (κ3) is 3.27. The van der Waals surface area contributed by atoms with E-state index in [1.807, 2.05) is 41.1 Å². The normalized spacial score (nSPS) is 11.1. The number of carbonyl (C=O) groups is 1. The van der Waals surface area contributed by atoms with E-state index in [9.17, 15) is 9.18 Å². The SMILES string of the molecule is COC(=O)N/N=C/c1cn(Cc2ccccc2F)c2ccccc12. The van der Waals surface area contributed by atoms with Crippen LogP contribution < -0.4 is 5.43 Å². The number of para-hydroxylation sites is 1. The highest BCUT2D eigenvalue weighted by Crippen LogP contribution is 2.21. The van der Waals surface area contributed by atoms with E-state index in [1.54, 1.807) is 12.1 Å². The number of nitrogens with zero attached hydrogens (tertiary/aromatic N) is 2. The van der Waals surface area contributed by atoms with Crippen LogP contribution in [0.1, 0.15) is 11.1 Å². The van der Waals surface area contributed by atoms with Gasteiger partial charge in [0.05, 0.1) is 19.9 Å². The number of carbonyl (C=O) groups excluding carboxylic acids is 1. The highest BCUT2D eigenvalue weighted by molar-refractivity contribution is 5.99. The molecule has 0 fully saturated rings. The molecule has 0 aliphatic heterocycles. The van der Waals surface area contributed by atoms with Gasteiger partial charge in [-0.25, -0.2) is 14.6 Å². The first-order valence-electron chi connectivity index (χ1n) is 7.37. The van der Waals surface area contributed by atoms with Gasteiger partial charge < -0.3 is 9.30 Å². The van der Waals surface area contributed by atoms with Gasteiger partial charge in [0.1, 0.15) is 5.82 Å². The average Bonchev–Trinajstić information content (AvgIpc) is 2.95. The molecule has 2 aromatic carbocycles. The van der Waals surface area contributed by atoms with Crippen molar-refractivity contribution in [3.8, 4) is 0 Å². The Hall–Kier alpha value is -3.15. The molecular weight excluding hydrogens is 309 g/mol. The van der Waals surface area contributed by atoms with Crippen LogP contribution in [0, 0.1) is 5.82 Å². The van der Waals surface area contributed by atoms with Crippen molar-refractivity contribution in [3.05, 3.63) is 71.7 Å². The number of nitrogens with one attached hydrogen (secondary N) is 1. The number of hydrazone groups is 1. The summed E-state index contributed by atoms with van der Waals surface area (Å²) in [5, 5.41) is 4.83. The van der Waals surface area contributed by atoms with Crippen molar-refractivity contribution >= 4 is 23.2 Å². The van der Waals surface area contributed by atoms with Gasteiger partial charge in [-0.3, -0.25) is 0 Å². The van der Waals surface area contributed by atoms with E-state index in [0.29, 0.717) is 12.1 Å². The molecule has 0 saturated carbocycles. The summed E-state index contributed by atoms with van der Waals surface area (Å²) in [4.78, 5) is 11.1. The van der Waals surface area contributed by atoms with E-state index in [-0.39, 0.29) is 5.82 Å². The summed E-state index contributed by atoms with van der Waals surface area (Å²) in [5.41, 5.74) is 4.64. The van der Waals surface area contributed by atoms with Crippen LogP contribution in [0.2, 0.25) is 0 Å². The standard InChI is InChI=1S/C18H16FN3O2/c1-24-18(23)21-20-10-14-12-22(17-9-5-3-7-15(14)17)11-13-6-2-4-8-16(13)19/h2-10,12H,11H2,1H3,(H,21,23)/b20-10+. The number of hydrogen-bond acceptors (Lipinski definition) is 3. The van der Waals surface area contributed by atoms with Crippen LogP contribution in [0.25, 0.3) is 10.9 Å². The maximum Gasteiger partial charge on any atom is 0.427 e. The molecule has 0 atom stereocenters. The molecule has 24 heavy (non-hydrogen) atoms. The Morgan fingerprint density at radius 2 is 2.00 bits per heavy atom. The minimum atomic E-state index is -0.638. The highest BCUT2D eigenvalue weighted by atomic mass is 19.1. The van der Waals surface area contributed by atoms with Crippen molar-refractivity contribution in [2.24, 2.45) is 5.10 Å². The Balaban J connectivity index is 1.94. The van der Waals surface area contributed by atoms with E-state index in [0.717, 1.165) is 16.5 Å². The van der Waals surface area contributed by atoms with Crippen molar-refractivity contribution in [1.29, 1.82) is 0 Å². The summed E-state index contributed by atoms with van der Waals surface area (Å²) in [6, 6.07) is 14.4. The molecule has 1 amide bonds. The molecule has 1 heterocycles. The van der Waals surface area contributed by atoms with Gasteiger partial charge in [-0.15, -0.1) is 0 Å². The molecule has 1 aromatic heterocycles. The van der Waals surface area contributed by atoms with E-state index < -0.39 is 6.09 Å². The molecule has 0 aliphatic rings. The lowest BCUT2D eigenvalue weighted by Gasteiger charge is -2.06. The second kappa shape index (κ2) is 6.95. The maximum atomic E-state index is 13.9. The number of amides is 1. The molecule has 0 spiro atoms. The third-order valence-corrected chi connectivity index (χ3v) is 3.66. The average molecular weight is 325 g/mol. The number of benzene rings is 2. The van der Waals surface area contributed by atoms with E-state index in [1.165, 1.54) is 19.4 Å². The minimum Gasteiger partial charge on any atom is -0.452 e. The van der Waals surface area contributed by atoms with E-state index in [2.05, 4.69) is 15.3 Å². The molecule has 0 unspecified atom stereocenters. The predicted molar refractivity (Wildman–Crippen MR) is 90.6 cm³/mol. The number of hydrogen-bond donors (Lipinski definition) is 1. The van der Waals surface area contributed by atoms with Crippen LogP contribution in [0.3, 0.4) is 0 Å². The van der Waals surface area contributed by atoms with Crippen LogP contribution in [0.4, 0.5) is 9.18 Å². The Bertz CT molecular complexity index is 902. The molecule has 3 aromatic rings. The van der Waals surface area contributed by atoms with Gasteiger partial charge in [-0.05, 0) is 12.1 Å². The van der Waals surface area contributed by atoms with Crippen LogP contribution in [-0.4, -0.2) is 24.0 Å². The summed E-state index contributed by atoms with van der Waals surface area (Å²) in [6.07, 6.45) is 2.78. The van der Waals surface area contributed by atoms with Gasteiger partial charge >= 0.3 is 6.09 Å². The lowest BCUT2D eigenvalue weighted by Crippen LogP contribution is -2.16. The first kappa shape index (κ1) is 15.7. The number of fused-ring (bicyclic) bond motifs is 1. The van der Waals surface area contributed by atoms with Gasteiger partial charge in [-0.1, -0.05) is 36.4 Å². The molecule has 0 radical (unpaired) electrons. The summed E-state index contributed by atoms with van der Waals surface area (Å²) in [5.74, 6) is -0.238. The highest BCUT2D eigenvalue weighted by Gasteiger charge is 2.09. The fraction of sp³-hybridized carbons (Fsp3) is 0.111. The first-order valence-corrected chi connectivity index (χ1v) is 7.37. The third-order valence-electron chi connectivity index (χ3n) is 3.66. The van der Waals surface area contributed by atoms with Crippen LogP contribution in [0.5, 0.6) is 0 Å². The molecule has 6 heteroatoms. The van der Waals surface area contributed by atoms with Crippen molar-refractivity contribution in [2.45, 2.75) is 6.54 Å². The molecule has 5 nitrogen and oxygen atoms in total. The number of rotatable bonds is 4. The predicted octanol–water partition coefficient (Wildman–Crippen LogP) is 3.52. The largest absolute Gasteiger partial charge is 0.452 e. The van der Waals surface area contributed by atoms with Gasteiger partial charge in [0, 0.05) is 28.2 Å². The van der Waals surface area contributed by atoms with E-state index in [4.69, 9.17) is 0 Å². The summed E-state index contributed by atoms with van der Waals surface area (Å²) >= 11 is 0. The van der Waals surface area contributed by atoms with Crippen molar-refractivity contribution < 1.29 is 13.9 Å². The monoisotopic (exact) mass is 325 g/mol. The Labute approximate surface area is 138 Å². The van der Waals surface area contributed by atoms with Gasteiger partial charge in [0.15, 0.2) is 0 Å². The quantitative estimate of drug-likeness (QED) is 0.589. The zero-order valence-electron chi connectivity index (χ0n) is 13.1. The smallest absolute Gasteiger partial charge is 0.427 e. The second-order valence-electron chi connectivity index (χ2n) is 5.18. The van der Waals surface area contributed by atoms with Crippen molar-refractivity contribution in [2.75, 3.05) is 7.11 Å². The molecular formula is C18H16FN3O2. The lowest BCUT2D eigenvalue weighted by molar-refractivity contribution is 0.171. The second-order valence-corrected chi connectivity index (χ2v) is 5.18.